The standard InChI is InChI=1S/C42H34ClFN4O6S/c1-19-27-16-23(43)8-14-33(27)55-37(19)31-18-34(46(4)45-31)48-39(52)29-17-28-25(36(42(29,3)41(48)54)22-7-13-32(50)30(44)15-22)11-12-26-35(28)40(53)47(38(26)51)24-9-5-21(6-10-24)20(2)49/h5-11,13-16,18,26,28-29,35-36,50H,12,17H2,1-4H3. The quantitative estimate of drug-likeness (QED) is 0.110. The zero-order chi connectivity index (χ0) is 38.8. The molecule has 6 unspecified atom stereocenters. The van der Waals surface area contributed by atoms with Crippen molar-refractivity contribution in [3.8, 4) is 16.3 Å². The maximum Gasteiger partial charge on any atom is 0.242 e. The number of allylic oxidation sites excluding steroid dienone is 2. The number of ketones is 1. The summed E-state index contributed by atoms with van der Waals surface area (Å²) in [5, 5.41) is 16.5. The van der Waals surface area contributed by atoms with Gasteiger partial charge in [-0.15, -0.1) is 11.3 Å². The molecule has 1 N–H and O–H groups in total. The molecule has 1 saturated carbocycles. The number of hydrogen-bond acceptors (Lipinski definition) is 8. The van der Waals surface area contributed by atoms with Gasteiger partial charge < -0.3 is 5.11 Å². The van der Waals surface area contributed by atoms with Gasteiger partial charge in [-0.3, -0.25) is 33.6 Å². The highest BCUT2D eigenvalue weighted by atomic mass is 35.5. The summed E-state index contributed by atoms with van der Waals surface area (Å²) in [5.74, 6) is -7.05. The molecule has 0 spiro atoms. The van der Waals surface area contributed by atoms with Crippen LogP contribution in [0.25, 0.3) is 20.7 Å². The Balaban J connectivity index is 1.14. The van der Waals surface area contributed by atoms with Crippen molar-refractivity contribution in [2.45, 2.75) is 39.5 Å². The summed E-state index contributed by atoms with van der Waals surface area (Å²) >= 11 is 7.83. The van der Waals surface area contributed by atoms with Crippen molar-refractivity contribution in [2.24, 2.45) is 36.1 Å². The number of phenols is 1. The van der Waals surface area contributed by atoms with Gasteiger partial charge in [-0.25, -0.2) is 9.29 Å². The number of halogens is 2. The second-order valence-corrected chi connectivity index (χ2v) is 16.7. The largest absolute Gasteiger partial charge is 0.505 e. The number of fused-ring (bicyclic) bond motifs is 5. The molecule has 9 rings (SSSR count). The number of carbonyl (C=O) groups is 5. The fourth-order valence-corrected chi connectivity index (χ4v) is 10.9. The van der Waals surface area contributed by atoms with Gasteiger partial charge in [0.15, 0.2) is 17.3 Å². The zero-order valence-corrected chi connectivity index (χ0v) is 31.7. The zero-order valence-electron chi connectivity index (χ0n) is 30.2. The van der Waals surface area contributed by atoms with Gasteiger partial charge in [-0.05, 0) is 111 Å². The van der Waals surface area contributed by atoms with Crippen LogP contribution in [-0.2, 0) is 26.2 Å². The summed E-state index contributed by atoms with van der Waals surface area (Å²) in [6, 6.07) is 17.6. The van der Waals surface area contributed by atoms with E-state index in [9.17, 15) is 24.3 Å². The van der Waals surface area contributed by atoms with Crippen LogP contribution >= 0.6 is 22.9 Å². The predicted octanol–water partition coefficient (Wildman–Crippen LogP) is 7.75. The van der Waals surface area contributed by atoms with Gasteiger partial charge in [0.05, 0.1) is 33.7 Å². The molecule has 4 heterocycles. The van der Waals surface area contributed by atoms with Crippen LogP contribution < -0.4 is 9.80 Å². The van der Waals surface area contributed by atoms with Gasteiger partial charge >= 0.3 is 0 Å². The number of Topliss-reactive ketones (excluding diaryl/α,β-unsaturated/α-hetero) is 1. The number of phenolic OH excluding ortho intramolecular Hbond substituents is 1. The van der Waals surface area contributed by atoms with Crippen LogP contribution in [-0.4, -0.2) is 44.3 Å². The molecule has 2 aliphatic heterocycles. The molecule has 6 atom stereocenters. The number of amides is 4. The summed E-state index contributed by atoms with van der Waals surface area (Å²) in [6.45, 7) is 5.13. The average molecular weight is 777 g/mol. The maximum absolute atomic E-state index is 15.2. The Morgan fingerprint density at radius 2 is 1.71 bits per heavy atom. The number of nitrogens with zero attached hydrogens (tertiary/aromatic N) is 4. The Hall–Kier alpha value is -5.46. The molecular weight excluding hydrogens is 743 g/mol. The van der Waals surface area contributed by atoms with E-state index in [-0.39, 0.29) is 30.3 Å². The van der Waals surface area contributed by atoms with Gasteiger partial charge in [-0.2, -0.15) is 5.10 Å². The van der Waals surface area contributed by atoms with Gasteiger partial charge in [-0.1, -0.05) is 29.3 Å². The normalized spacial score (nSPS) is 26.1. The van der Waals surface area contributed by atoms with E-state index in [4.69, 9.17) is 16.7 Å². The summed E-state index contributed by atoms with van der Waals surface area (Å²) in [7, 11) is 1.67. The smallest absolute Gasteiger partial charge is 0.242 e. The fourth-order valence-electron chi connectivity index (χ4n) is 9.63. The van der Waals surface area contributed by atoms with Crippen molar-refractivity contribution >= 4 is 73.9 Å². The van der Waals surface area contributed by atoms with Gasteiger partial charge in [0.2, 0.25) is 23.6 Å². The van der Waals surface area contributed by atoms with E-state index in [1.54, 1.807) is 50.4 Å². The molecule has 4 amide bonds. The number of aryl methyl sites for hydroxylation is 2. The van der Waals surface area contributed by atoms with Crippen molar-refractivity contribution in [1.82, 2.24) is 9.78 Å². The summed E-state index contributed by atoms with van der Waals surface area (Å²) in [5.41, 5.74) is 1.97. The lowest BCUT2D eigenvalue weighted by molar-refractivity contribution is -0.131. The van der Waals surface area contributed by atoms with Crippen LogP contribution in [0.2, 0.25) is 5.02 Å². The van der Waals surface area contributed by atoms with Crippen LogP contribution in [0.4, 0.5) is 15.9 Å². The third kappa shape index (κ3) is 4.96. The molecule has 4 aliphatic rings. The highest BCUT2D eigenvalue weighted by Crippen LogP contribution is 2.64. The molecule has 0 bridgehead atoms. The minimum Gasteiger partial charge on any atom is -0.505 e. The lowest BCUT2D eigenvalue weighted by Crippen LogP contribution is -2.49. The number of aromatic nitrogens is 2. The number of rotatable bonds is 5. The van der Waals surface area contributed by atoms with E-state index in [1.807, 2.05) is 31.2 Å². The van der Waals surface area contributed by atoms with Crippen molar-refractivity contribution in [3.63, 3.8) is 0 Å². The van der Waals surface area contributed by atoms with E-state index in [0.717, 1.165) is 25.4 Å². The number of thiophene rings is 1. The Morgan fingerprint density at radius 3 is 2.42 bits per heavy atom. The number of imide groups is 2. The van der Waals surface area contributed by atoms with Crippen LogP contribution in [0.3, 0.4) is 0 Å². The second-order valence-electron chi connectivity index (χ2n) is 15.2. The monoisotopic (exact) mass is 776 g/mol. The number of hydrogen-bond donors (Lipinski definition) is 1. The van der Waals surface area contributed by atoms with Crippen LogP contribution in [0.15, 0.2) is 78.4 Å². The van der Waals surface area contributed by atoms with E-state index in [1.165, 1.54) is 40.0 Å². The van der Waals surface area contributed by atoms with E-state index in [2.05, 4.69) is 0 Å². The van der Waals surface area contributed by atoms with Crippen LogP contribution in [0.5, 0.6) is 5.75 Å². The number of aromatic hydroxyl groups is 1. The third-order valence-corrected chi connectivity index (χ3v) is 13.9. The number of carbonyl (C=O) groups excluding carboxylic acids is 5. The van der Waals surface area contributed by atoms with Crippen LogP contribution in [0.1, 0.15) is 54.1 Å². The third-order valence-electron chi connectivity index (χ3n) is 12.3. The molecule has 5 aromatic rings. The number of anilines is 2. The molecule has 2 aliphatic carbocycles. The maximum atomic E-state index is 15.2. The van der Waals surface area contributed by atoms with E-state index < -0.39 is 64.3 Å². The summed E-state index contributed by atoms with van der Waals surface area (Å²) in [4.78, 5) is 73.3. The van der Waals surface area contributed by atoms with Crippen molar-refractivity contribution < 1.29 is 33.5 Å². The van der Waals surface area contributed by atoms with E-state index in [0.29, 0.717) is 33.1 Å². The fraction of sp³-hybridized carbons (Fsp3) is 0.286. The molecule has 13 heteroatoms. The molecule has 3 aromatic carbocycles. The summed E-state index contributed by atoms with van der Waals surface area (Å²) < 4.78 is 17.7. The lowest BCUT2D eigenvalue weighted by Gasteiger charge is -2.49. The summed E-state index contributed by atoms with van der Waals surface area (Å²) in [6.07, 6.45) is 2.20. The topological polar surface area (TPSA) is 130 Å². The minimum atomic E-state index is -1.42. The average Bonchev–Trinajstić information content (AvgIpc) is 3.83. The van der Waals surface area contributed by atoms with Gasteiger partial charge in [0.25, 0.3) is 0 Å². The molecular formula is C42H34ClFN4O6S. The molecule has 10 nitrogen and oxygen atoms in total. The Bertz CT molecular complexity index is 2600. The van der Waals surface area contributed by atoms with Crippen LogP contribution in [0, 0.1) is 41.8 Å². The lowest BCUT2D eigenvalue weighted by atomic mass is 9.51. The highest BCUT2D eigenvalue weighted by Gasteiger charge is 2.68. The Labute approximate surface area is 323 Å². The van der Waals surface area contributed by atoms with Crippen molar-refractivity contribution in [2.75, 3.05) is 9.80 Å². The molecule has 278 valence electrons. The Morgan fingerprint density at radius 1 is 0.964 bits per heavy atom. The predicted molar refractivity (Wildman–Crippen MR) is 205 cm³/mol. The molecule has 2 aromatic heterocycles. The number of benzene rings is 3. The van der Waals surface area contributed by atoms with Gasteiger partial charge in [0, 0.05) is 34.3 Å². The Kier molecular flexibility index (Phi) is 7.87. The first-order chi connectivity index (χ1) is 26.2. The van der Waals surface area contributed by atoms with Crippen molar-refractivity contribution in [3.05, 3.63) is 106 Å². The minimum absolute atomic E-state index is 0.110. The van der Waals surface area contributed by atoms with Gasteiger partial charge in [0.1, 0.15) is 11.5 Å². The molecule has 55 heavy (non-hydrogen) atoms. The SMILES string of the molecule is CC(=O)c1ccc(N2C(=O)C3CC=C4C(CC5C(=O)N(c6cc(-c7sc8ccc(Cl)cc8c7C)nn6C)C(=O)C5(C)C4c4ccc(O)c(F)c4)C3C2=O)cc1. The van der Waals surface area contributed by atoms with E-state index >= 15 is 9.18 Å². The van der Waals surface area contributed by atoms with Crippen molar-refractivity contribution in [1.29, 1.82) is 0 Å². The second kappa shape index (κ2) is 12.3. The highest BCUT2D eigenvalue weighted by molar-refractivity contribution is 7.22. The first-order valence-corrected chi connectivity index (χ1v) is 19.2. The first kappa shape index (κ1) is 35.3. The molecule has 3 fully saturated rings. The molecule has 0 radical (unpaired) electrons. The molecule has 2 saturated heterocycles. The first-order valence-electron chi connectivity index (χ1n) is 18.0.